The van der Waals surface area contributed by atoms with Crippen LogP contribution in [0.25, 0.3) is 0 Å². The average molecular weight is 192 g/mol. The fourth-order valence-corrected chi connectivity index (χ4v) is 1.63. The molecule has 0 saturated heterocycles. The van der Waals surface area contributed by atoms with Gasteiger partial charge in [0.05, 0.1) is 12.8 Å². The molecule has 1 atom stereocenters. The van der Waals surface area contributed by atoms with Crippen molar-refractivity contribution in [3.63, 3.8) is 0 Å². The highest BCUT2D eigenvalue weighted by Crippen LogP contribution is 2.47. The van der Waals surface area contributed by atoms with Gasteiger partial charge in [0.1, 0.15) is 0 Å². The standard InChI is InChI=1S/C7H13O4P/c1-4-6-10-12(9,5-2)11-7(3)8/h4H,1,5-6H2,2-3H3. The van der Waals surface area contributed by atoms with Gasteiger partial charge in [-0.05, 0) is 0 Å². The molecule has 70 valence electrons. The van der Waals surface area contributed by atoms with Gasteiger partial charge in [0.2, 0.25) is 0 Å². The number of rotatable bonds is 5. The van der Waals surface area contributed by atoms with Crippen LogP contribution in [0.2, 0.25) is 0 Å². The highest BCUT2D eigenvalue weighted by Gasteiger charge is 2.23. The van der Waals surface area contributed by atoms with E-state index in [4.69, 9.17) is 4.52 Å². The summed E-state index contributed by atoms with van der Waals surface area (Å²) in [5.74, 6) is -0.593. The van der Waals surface area contributed by atoms with Crippen molar-refractivity contribution in [2.75, 3.05) is 12.8 Å². The van der Waals surface area contributed by atoms with Crippen molar-refractivity contribution >= 4 is 13.6 Å². The monoisotopic (exact) mass is 192 g/mol. The van der Waals surface area contributed by atoms with Gasteiger partial charge in [-0.15, -0.1) is 6.58 Å². The fourth-order valence-electron chi connectivity index (χ4n) is 0.544. The maximum atomic E-state index is 11.4. The Bertz CT molecular complexity index is 211. The van der Waals surface area contributed by atoms with Gasteiger partial charge in [0, 0.05) is 6.92 Å². The molecular weight excluding hydrogens is 179 g/mol. The lowest BCUT2D eigenvalue weighted by Crippen LogP contribution is -2.02. The van der Waals surface area contributed by atoms with Crippen LogP contribution in [0, 0.1) is 0 Å². The normalized spacial score (nSPS) is 14.8. The van der Waals surface area contributed by atoms with E-state index in [0.29, 0.717) is 0 Å². The molecule has 1 unspecified atom stereocenters. The molecule has 0 amide bonds. The predicted octanol–water partition coefficient (Wildman–Crippen LogP) is 1.97. The average Bonchev–Trinajstić information content (AvgIpc) is 2.00. The molecule has 0 spiro atoms. The van der Waals surface area contributed by atoms with Crippen LogP contribution in [-0.2, 0) is 18.4 Å². The molecule has 0 radical (unpaired) electrons. The minimum Gasteiger partial charge on any atom is -0.392 e. The zero-order valence-corrected chi connectivity index (χ0v) is 8.17. The van der Waals surface area contributed by atoms with Crippen molar-refractivity contribution in [2.45, 2.75) is 13.8 Å². The quantitative estimate of drug-likeness (QED) is 0.493. The summed E-state index contributed by atoms with van der Waals surface area (Å²) in [6, 6.07) is 0. The molecule has 0 heterocycles. The number of carbonyl (C=O) groups excluding carboxylic acids is 1. The first kappa shape index (κ1) is 11.4. The summed E-state index contributed by atoms with van der Waals surface area (Å²) in [6.07, 6.45) is 1.63. The fraction of sp³-hybridized carbons (Fsp3) is 0.571. The molecule has 0 bridgehead atoms. The Kier molecular flexibility index (Phi) is 4.86. The van der Waals surface area contributed by atoms with Crippen LogP contribution >= 0.6 is 7.60 Å². The number of carbonyl (C=O) groups is 1. The minimum atomic E-state index is -3.19. The van der Waals surface area contributed by atoms with Gasteiger partial charge in [0.25, 0.3) is 0 Å². The van der Waals surface area contributed by atoms with Gasteiger partial charge in [-0.2, -0.15) is 0 Å². The molecule has 12 heavy (non-hydrogen) atoms. The van der Waals surface area contributed by atoms with Crippen LogP contribution < -0.4 is 0 Å². The van der Waals surface area contributed by atoms with E-state index in [1.165, 1.54) is 13.0 Å². The minimum absolute atomic E-state index is 0.123. The van der Waals surface area contributed by atoms with E-state index >= 15 is 0 Å². The first-order chi connectivity index (χ1) is 5.54. The van der Waals surface area contributed by atoms with Crippen LogP contribution in [0.15, 0.2) is 12.7 Å². The summed E-state index contributed by atoms with van der Waals surface area (Å²) in [5, 5.41) is 0. The summed E-state index contributed by atoms with van der Waals surface area (Å²) in [5.41, 5.74) is 0. The summed E-state index contributed by atoms with van der Waals surface area (Å²) >= 11 is 0. The molecule has 0 aliphatic heterocycles. The smallest absolute Gasteiger partial charge is 0.381 e. The van der Waals surface area contributed by atoms with Crippen LogP contribution in [0.4, 0.5) is 0 Å². The summed E-state index contributed by atoms with van der Waals surface area (Å²) in [4.78, 5) is 10.5. The first-order valence-electron chi connectivity index (χ1n) is 3.58. The Balaban J connectivity index is 4.14. The van der Waals surface area contributed by atoms with E-state index in [-0.39, 0.29) is 12.8 Å². The SMILES string of the molecule is C=CCOP(=O)(CC)OC(C)=O. The second-order valence-corrected chi connectivity index (χ2v) is 4.39. The van der Waals surface area contributed by atoms with Crippen LogP contribution in [-0.4, -0.2) is 18.7 Å². The molecule has 5 heteroatoms. The highest BCUT2D eigenvalue weighted by atomic mass is 31.2. The Morgan fingerprint density at radius 3 is 2.58 bits per heavy atom. The second kappa shape index (κ2) is 5.12. The molecule has 0 N–H and O–H groups in total. The van der Waals surface area contributed by atoms with E-state index in [2.05, 4.69) is 11.1 Å². The van der Waals surface area contributed by atoms with E-state index in [1.807, 2.05) is 0 Å². The van der Waals surface area contributed by atoms with Gasteiger partial charge < -0.3 is 4.52 Å². The topological polar surface area (TPSA) is 52.6 Å². The van der Waals surface area contributed by atoms with Crippen molar-refractivity contribution in [3.8, 4) is 0 Å². The number of hydrogen-bond donors (Lipinski definition) is 0. The van der Waals surface area contributed by atoms with Crippen molar-refractivity contribution in [2.24, 2.45) is 0 Å². The Labute approximate surface area is 72.1 Å². The third kappa shape index (κ3) is 4.31. The number of hydrogen-bond acceptors (Lipinski definition) is 4. The van der Waals surface area contributed by atoms with E-state index in [0.717, 1.165) is 0 Å². The van der Waals surface area contributed by atoms with Gasteiger partial charge >= 0.3 is 13.6 Å². The Hall–Kier alpha value is -0.600. The van der Waals surface area contributed by atoms with Crippen LogP contribution in [0.3, 0.4) is 0 Å². The third-order valence-corrected chi connectivity index (χ3v) is 2.90. The molecule has 4 nitrogen and oxygen atoms in total. The Morgan fingerprint density at radius 1 is 1.67 bits per heavy atom. The largest absolute Gasteiger partial charge is 0.392 e. The second-order valence-electron chi connectivity index (χ2n) is 2.09. The van der Waals surface area contributed by atoms with Gasteiger partial charge in [0.15, 0.2) is 0 Å². The highest BCUT2D eigenvalue weighted by molar-refractivity contribution is 7.54. The van der Waals surface area contributed by atoms with Crippen molar-refractivity contribution < 1.29 is 18.4 Å². The maximum Gasteiger partial charge on any atom is 0.381 e. The lowest BCUT2D eigenvalue weighted by Gasteiger charge is -2.13. The van der Waals surface area contributed by atoms with E-state index < -0.39 is 13.6 Å². The van der Waals surface area contributed by atoms with Crippen molar-refractivity contribution in [1.29, 1.82) is 0 Å². The van der Waals surface area contributed by atoms with Gasteiger partial charge in [-0.1, -0.05) is 13.0 Å². The third-order valence-electron chi connectivity index (χ3n) is 1.04. The van der Waals surface area contributed by atoms with Crippen LogP contribution in [0.1, 0.15) is 13.8 Å². The predicted molar refractivity (Wildman–Crippen MR) is 46.1 cm³/mol. The first-order valence-corrected chi connectivity index (χ1v) is 5.31. The maximum absolute atomic E-state index is 11.4. The van der Waals surface area contributed by atoms with Gasteiger partial charge in [-0.25, -0.2) is 4.57 Å². The summed E-state index contributed by atoms with van der Waals surface area (Å²) in [7, 11) is -3.19. The molecule has 0 fully saturated rings. The van der Waals surface area contributed by atoms with Crippen molar-refractivity contribution in [1.82, 2.24) is 0 Å². The molecule has 0 saturated carbocycles. The molecule has 0 rings (SSSR count). The van der Waals surface area contributed by atoms with E-state index in [9.17, 15) is 9.36 Å². The summed E-state index contributed by atoms with van der Waals surface area (Å²) in [6.45, 7) is 6.34. The van der Waals surface area contributed by atoms with E-state index in [1.54, 1.807) is 6.92 Å². The lowest BCUT2D eigenvalue weighted by molar-refractivity contribution is -0.132. The summed E-state index contributed by atoms with van der Waals surface area (Å²) < 4.78 is 20.8. The molecule has 0 aromatic carbocycles. The molecule has 0 aliphatic carbocycles. The Morgan fingerprint density at radius 2 is 2.25 bits per heavy atom. The van der Waals surface area contributed by atoms with Gasteiger partial charge in [-0.3, -0.25) is 9.32 Å². The van der Waals surface area contributed by atoms with Crippen LogP contribution in [0.5, 0.6) is 0 Å². The molecule has 0 aromatic heterocycles. The molecular formula is C7H13O4P. The van der Waals surface area contributed by atoms with Crippen molar-refractivity contribution in [3.05, 3.63) is 12.7 Å². The zero-order chi connectivity index (χ0) is 9.61. The zero-order valence-electron chi connectivity index (χ0n) is 7.28. The lowest BCUT2D eigenvalue weighted by atomic mass is 10.7. The molecule has 0 aromatic rings. The molecule has 0 aliphatic rings.